The summed E-state index contributed by atoms with van der Waals surface area (Å²) >= 11 is 5.54. The van der Waals surface area contributed by atoms with Crippen LogP contribution in [0.25, 0.3) is 0 Å². The van der Waals surface area contributed by atoms with Crippen molar-refractivity contribution >= 4 is 17.3 Å². The third kappa shape index (κ3) is 2.86. The SMILES string of the molecule is CC1CC(Nc2ccc(Cl)c(C(F)(F)F)c2)C1. The summed E-state index contributed by atoms with van der Waals surface area (Å²) in [5.74, 6) is 0.655. The van der Waals surface area contributed by atoms with Crippen LogP contribution >= 0.6 is 11.6 Å². The molecule has 0 unspecified atom stereocenters. The Morgan fingerprint density at radius 2 is 1.94 bits per heavy atom. The van der Waals surface area contributed by atoms with Gasteiger partial charge in [-0.25, -0.2) is 0 Å². The van der Waals surface area contributed by atoms with E-state index < -0.39 is 11.7 Å². The number of anilines is 1. The number of halogens is 4. The van der Waals surface area contributed by atoms with Gasteiger partial charge in [-0.1, -0.05) is 18.5 Å². The molecule has 0 spiro atoms. The first-order valence-corrected chi connectivity index (χ1v) is 5.87. The second kappa shape index (κ2) is 4.41. The lowest BCUT2D eigenvalue weighted by molar-refractivity contribution is -0.137. The maximum atomic E-state index is 12.6. The molecule has 1 saturated carbocycles. The van der Waals surface area contributed by atoms with Crippen LogP contribution in [0.5, 0.6) is 0 Å². The fourth-order valence-corrected chi connectivity index (χ4v) is 2.31. The Balaban J connectivity index is 2.14. The molecular formula is C12H13ClF3N. The van der Waals surface area contributed by atoms with E-state index in [1.807, 2.05) is 0 Å². The first-order valence-electron chi connectivity index (χ1n) is 5.49. The number of rotatable bonds is 2. The molecule has 1 nitrogen and oxygen atoms in total. The van der Waals surface area contributed by atoms with Crippen molar-refractivity contribution in [3.05, 3.63) is 28.8 Å². The van der Waals surface area contributed by atoms with E-state index in [-0.39, 0.29) is 11.1 Å². The topological polar surface area (TPSA) is 12.0 Å². The van der Waals surface area contributed by atoms with Gasteiger partial charge in [-0.2, -0.15) is 13.2 Å². The van der Waals surface area contributed by atoms with Crippen LogP contribution in [-0.4, -0.2) is 6.04 Å². The van der Waals surface area contributed by atoms with Crippen LogP contribution in [0.1, 0.15) is 25.3 Å². The van der Waals surface area contributed by atoms with Gasteiger partial charge in [-0.15, -0.1) is 0 Å². The maximum Gasteiger partial charge on any atom is 0.417 e. The van der Waals surface area contributed by atoms with E-state index >= 15 is 0 Å². The van der Waals surface area contributed by atoms with Crippen molar-refractivity contribution in [1.82, 2.24) is 0 Å². The van der Waals surface area contributed by atoms with E-state index in [9.17, 15) is 13.2 Å². The van der Waals surface area contributed by atoms with E-state index in [1.54, 1.807) is 6.07 Å². The van der Waals surface area contributed by atoms with Gasteiger partial charge in [0.05, 0.1) is 10.6 Å². The summed E-state index contributed by atoms with van der Waals surface area (Å²) in [5.41, 5.74) is -0.296. The van der Waals surface area contributed by atoms with Gasteiger partial charge in [-0.05, 0) is 37.0 Å². The van der Waals surface area contributed by atoms with Crippen LogP contribution in [0.3, 0.4) is 0 Å². The van der Waals surface area contributed by atoms with Gasteiger partial charge in [0.1, 0.15) is 0 Å². The van der Waals surface area contributed by atoms with Crippen molar-refractivity contribution < 1.29 is 13.2 Å². The zero-order valence-corrected chi connectivity index (χ0v) is 10.1. The van der Waals surface area contributed by atoms with Crippen molar-refractivity contribution in [3.63, 3.8) is 0 Å². The third-order valence-corrected chi connectivity index (χ3v) is 3.35. The van der Waals surface area contributed by atoms with Gasteiger partial charge in [0.15, 0.2) is 0 Å². The molecule has 1 aromatic carbocycles. The first kappa shape index (κ1) is 12.6. The van der Waals surface area contributed by atoms with Crippen LogP contribution in [0.2, 0.25) is 5.02 Å². The molecule has 2 rings (SSSR count). The molecule has 0 atom stereocenters. The quantitative estimate of drug-likeness (QED) is 0.824. The summed E-state index contributed by atoms with van der Waals surface area (Å²) < 4.78 is 37.8. The Labute approximate surface area is 103 Å². The molecule has 0 heterocycles. The Morgan fingerprint density at radius 1 is 1.29 bits per heavy atom. The average Bonchev–Trinajstić information content (AvgIpc) is 2.16. The van der Waals surface area contributed by atoms with Crippen molar-refractivity contribution in [2.24, 2.45) is 5.92 Å². The summed E-state index contributed by atoms with van der Waals surface area (Å²) in [4.78, 5) is 0. The molecule has 0 radical (unpaired) electrons. The Hall–Kier alpha value is -0.900. The number of alkyl halides is 3. The standard InChI is InChI=1S/C12H13ClF3N/c1-7-4-9(5-7)17-8-2-3-11(13)10(6-8)12(14,15)16/h2-3,6-7,9,17H,4-5H2,1H3. The van der Waals surface area contributed by atoms with Crippen LogP contribution in [0, 0.1) is 5.92 Å². The highest BCUT2D eigenvalue weighted by molar-refractivity contribution is 6.31. The van der Waals surface area contributed by atoms with Gasteiger partial charge in [0.2, 0.25) is 0 Å². The smallest absolute Gasteiger partial charge is 0.382 e. The van der Waals surface area contributed by atoms with E-state index in [0.29, 0.717) is 11.6 Å². The Morgan fingerprint density at radius 3 is 2.47 bits per heavy atom. The summed E-state index contributed by atoms with van der Waals surface area (Å²) in [6.07, 6.45) is -2.39. The summed E-state index contributed by atoms with van der Waals surface area (Å²) in [7, 11) is 0. The highest BCUT2D eigenvalue weighted by atomic mass is 35.5. The zero-order chi connectivity index (χ0) is 12.6. The molecule has 0 bridgehead atoms. The second-order valence-electron chi connectivity index (χ2n) is 4.61. The molecule has 0 amide bonds. The molecule has 0 aliphatic heterocycles. The van der Waals surface area contributed by atoms with E-state index in [4.69, 9.17) is 11.6 Å². The Kier molecular flexibility index (Phi) is 3.25. The molecule has 1 fully saturated rings. The molecule has 1 N–H and O–H groups in total. The second-order valence-corrected chi connectivity index (χ2v) is 5.02. The van der Waals surface area contributed by atoms with Crippen LogP contribution in [0.15, 0.2) is 18.2 Å². The predicted octanol–water partition coefficient (Wildman–Crippen LogP) is 4.57. The lowest BCUT2D eigenvalue weighted by atomic mass is 9.82. The van der Waals surface area contributed by atoms with Gasteiger partial charge < -0.3 is 5.32 Å². The first-order chi connectivity index (χ1) is 7.86. The fourth-order valence-electron chi connectivity index (χ4n) is 2.09. The minimum absolute atomic E-state index is 0.259. The van der Waals surface area contributed by atoms with Crippen LogP contribution in [-0.2, 0) is 6.18 Å². The Bertz CT molecular complexity index is 411. The van der Waals surface area contributed by atoms with Crippen LogP contribution < -0.4 is 5.32 Å². The molecule has 1 aliphatic carbocycles. The molecule has 0 saturated heterocycles. The third-order valence-electron chi connectivity index (χ3n) is 3.02. The van der Waals surface area contributed by atoms with E-state index in [2.05, 4.69) is 12.2 Å². The molecular weight excluding hydrogens is 251 g/mol. The number of hydrogen-bond donors (Lipinski definition) is 1. The van der Waals surface area contributed by atoms with Gasteiger partial charge in [-0.3, -0.25) is 0 Å². The largest absolute Gasteiger partial charge is 0.417 e. The van der Waals surface area contributed by atoms with Crippen LogP contribution in [0.4, 0.5) is 18.9 Å². The van der Waals surface area contributed by atoms with E-state index in [0.717, 1.165) is 18.9 Å². The fraction of sp³-hybridized carbons (Fsp3) is 0.500. The highest BCUT2D eigenvalue weighted by Gasteiger charge is 2.33. The summed E-state index contributed by atoms with van der Waals surface area (Å²) in [5, 5.41) is 2.83. The highest BCUT2D eigenvalue weighted by Crippen LogP contribution is 2.37. The molecule has 0 aromatic heterocycles. The minimum atomic E-state index is -4.40. The summed E-state index contributed by atoms with van der Waals surface area (Å²) in [6, 6.07) is 4.23. The van der Waals surface area contributed by atoms with Gasteiger partial charge in [0.25, 0.3) is 0 Å². The average molecular weight is 264 g/mol. The molecule has 1 aliphatic rings. The number of benzene rings is 1. The predicted molar refractivity (Wildman–Crippen MR) is 62.3 cm³/mol. The van der Waals surface area contributed by atoms with Gasteiger partial charge >= 0.3 is 6.18 Å². The lowest BCUT2D eigenvalue weighted by Crippen LogP contribution is -2.33. The number of hydrogen-bond acceptors (Lipinski definition) is 1. The molecule has 1 aromatic rings. The lowest BCUT2D eigenvalue weighted by Gasteiger charge is -2.34. The van der Waals surface area contributed by atoms with Crippen molar-refractivity contribution in [1.29, 1.82) is 0 Å². The molecule has 94 valence electrons. The zero-order valence-electron chi connectivity index (χ0n) is 9.31. The number of nitrogens with one attached hydrogen (secondary N) is 1. The van der Waals surface area contributed by atoms with Crippen molar-refractivity contribution in [3.8, 4) is 0 Å². The van der Waals surface area contributed by atoms with Crippen molar-refractivity contribution in [2.45, 2.75) is 32.0 Å². The van der Waals surface area contributed by atoms with E-state index in [1.165, 1.54) is 6.07 Å². The molecule has 5 heteroatoms. The maximum absolute atomic E-state index is 12.6. The summed E-state index contributed by atoms with van der Waals surface area (Å²) in [6.45, 7) is 2.13. The van der Waals surface area contributed by atoms with Crippen molar-refractivity contribution in [2.75, 3.05) is 5.32 Å². The normalized spacial score (nSPS) is 24.3. The minimum Gasteiger partial charge on any atom is -0.382 e. The monoisotopic (exact) mass is 263 g/mol. The molecule has 17 heavy (non-hydrogen) atoms. The van der Waals surface area contributed by atoms with Gasteiger partial charge in [0, 0.05) is 11.7 Å².